The molecule has 0 aromatic carbocycles. The second-order valence-corrected chi connectivity index (χ2v) is 7.39. The Hall–Kier alpha value is -0.120. The maximum Gasteiger partial charge on any atom is 0.0814 e. The van der Waals surface area contributed by atoms with Gasteiger partial charge in [0, 0.05) is 12.6 Å². The fraction of sp³-hybridized carbons (Fsp3) is 1.00. The molecule has 118 valence electrons. The number of ether oxygens (including phenoxy) is 2. The Morgan fingerprint density at radius 3 is 2.35 bits per heavy atom. The highest BCUT2D eigenvalue weighted by molar-refractivity contribution is 4.78. The molecule has 1 aliphatic carbocycles. The van der Waals surface area contributed by atoms with E-state index in [2.05, 4.69) is 33.0 Å². The van der Waals surface area contributed by atoms with Crippen molar-refractivity contribution >= 4 is 0 Å². The molecule has 2 fully saturated rings. The van der Waals surface area contributed by atoms with Gasteiger partial charge < -0.3 is 14.8 Å². The summed E-state index contributed by atoms with van der Waals surface area (Å²) in [5.74, 6) is 1.63. The lowest BCUT2D eigenvalue weighted by molar-refractivity contribution is -0.0610. The molecule has 4 unspecified atom stereocenters. The third kappa shape index (κ3) is 5.34. The Labute approximate surface area is 124 Å². The van der Waals surface area contributed by atoms with Gasteiger partial charge in [-0.1, -0.05) is 27.7 Å². The molecule has 1 aliphatic heterocycles. The van der Waals surface area contributed by atoms with Crippen molar-refractivity contribution < 1.29 is 9.47 Å². The summed E-state index contributed by atoms with van der Waals surface area (Å²) in [6.45, 7) is 10.8. The van der Waals surface area contributed by atoms with Gasteiger partial charge in [0.1, 0.15) is 0 Å². The van der Waals surface area contributed by atoms with E-state index >= 15 is 0 Å². The fourth-order valence-corrected chi connectivity index (χ4v) is 3.67. The Balaban J connectivity index is 1.63. The van der Waals surface area contributed by atoms with Gasteiger partial charge in [-0.25, -0.2) is 0 Å². The van der Waals surface area contributed by atoms with Gasteiger partial charge in [-0.15, -0.1) is 0 Å². The lowest BCUT2D eigenvalue weighted by Gasteiger charge is -2.32. The summed E-state index contributed by atoms with van der Waals surface area (Å²) in [6.07, 6.45) is 7.32. The van der Waals surface area contributed by atoms with Gasteiger partial charge in [0.05, 0.1) is 24.9 Å². The molecule has 2 rings (SSSR count). The molecule has 2 aliphatic rings. The number of rotatable bonds is 6. The molecule has 0 aromatic heterocycles. The van der Waals surface area contributed by atoms with Crippen molar-refractivity contribution in [1.82, 2.24) is 5.32 Å². The molecule has 1 saturated carbocycles. The first-order valence-corrected chi connectivity index (χ1v) is 8.53. The summed E-state index contributed by atoms with van der Waals surface area (Å²) < 4.78 is 12.2. The summed E-state index contributed by atoms with van der Waals surface area (Å²) in [6, 6.07) is 0.541. The van der Waals surface area contributed by atoms with Crippen LogP contribution in [-0.4, -0.2) is 37.5 Å². The van der Waals surface area contributed by atoms with Gasteiger partial charge in [0.25, 0.3) is 0 Å². The van der Waals surface area contributed by atoms with Crippen LogP contribution in [0.5, 0.6) is 0 Å². The lowest BCUT2D eigenvalue weighted by atomic mass is 9.82. The summed E-state index contributed by atoms with van der Waals surface area (Å²) in [7, 11) is 0. The molecule has 3 heteroatoms. The van der Waals surface area contributed by atoms with Gasteiger partial charge in [-0.2, -0.15) is 0 Å². The molecule has 3 nitrogen and oxygen atoms in total. The van der Waals surface area contributed by atoms with E-state index in [0.717, 1.165) is 31.4 Å². The van der Waals surface area contributed by atoms with E-state index in [0.29, 0.717) is 24.4 Å². The van der Waals surface area contributed by atoms with E-state index in [1.807, 2.05) is 0 Å². The van der Waals surface area contributed by atoms with Crippen molar-refractivity contribution in [2.75, 3.05) is 13.2 Å². The standard InChI is InChI=1S/C17H33NO2/c1-12(2)18-10-15-5-6-16(20-15)11-19-17-8-13(3)7-14(4)9-17/h12-18H,5-11H2,1-4H3. The summed E-state index contributed by atoms with van der Waals surface area (Å²) >= 11 is 0. The molecule has 0 spiro atoms. The minimum atomic E-state index is 0.321. The van der Waals surface area contributed by atoms with Crippen LogP contribution in [0.1, 0.15) is 59.8 Å². The van der Waals surface area contributed by atoms with E-state index in [-0.39, 0.29) is 0 Å². The molecular weight excluding hydrogens is 250 g/mol. The zero-order valence-electron chi connectivity index (χ0n) is 13.7. The monoisotopic (exact) mass is 283 g/mol. The predicted molar refractivity (Wildman–Crippen MR) is 83.0 cm³/mol. The van der Waals surface area contributed by atoms with E-state index in [4.69, 9.17) is 9.47 Å². The molecular formula is C17H33NO2. The topological polar surface area (TPSA) is 30.5 Å². The normalized spacial score (nSPS) is 38.5. The van der Waals surface area contributed by atoms with Gasteiger partial charge >= 0.3 is 0 Å². The summed E-state index contributed by atoms with van der Waals surface area (Å²) in [5, 5.41) is 3.46. The molecule has 0 aromatic rings. The molecule has 1 saturated heterocycles. The van der Waals surface area contributed by atoms with Gasteiger partial charge in [-0.3, -0.25) is 0 Å². The minimum absolute atomic E-state index is 0.321. The second-order valence-electron chi connectivity index (χ2n) is 7.39. The number of hydrogen-bond acceptors (Lipinski definition) is 3. The van der Waals surface area contributed by atoms with Crippen molar-refractivity contribution in [3.63, 3.8) is 0 Å². The first-order chi connectivity index (χ1) is 9.52. The van der Waals surface area contributed by atoms with E-state index in [1.165, 1.54) is 25.7 Å². The Morgan fingerprint density at radius 1 is 1.05 bits per heavy atom. The number of hydrogen-bond donors (Lipinski definition) is 1. The maximum atomic E-state index is 6.14. The summed E-state index contributed by atoms with van der Waals surface area (Å²) in [5.41, 5.74) is 0. The van der Waals surface area contributed by atoms with E-state index < -0.39 is 0 Å². The third-order valence-corrected chi connectivity index (χ3v) is 4.60. The van der Waals surface area contributed by atoms with Crippen LogP contribution < -0.4 is 5.32 Å². The van der Waals surface area contributed by atoms with Gasteiger partial charge in [-0.05, 0) is 43.9 Å². The highest BCUT2D eigenvalue weighted by atomic mass is 16.5. The minimum Gasteiger partial charge on any atom is -0.376 e. The third-order valence-electron chi connectivity index (χ3n) is 4.60. The van der Waals surface area contributed by atoms with Crippen LogP contribution >= 0.6 is 0 Å². The first-order valence-electron chi connectivity index (χ1n) is 8.53. The average Bonchev–Trinajstić information content (AvgIpc) is 2.81. The lowest BCUT2D eigenvalue weighted by Crippen LogP contribution is -2.33. The van der Waals surface area contributed by atoms with Crippen molar-refractivity contribution in [3.8, 4) is 0 Å². The van der Waals surface area contributed by atoms with Crippen LogP contribution in [0.4, 0.5) is 0 Å². The van der Waals surface area contributed by atoms with Crippen molar-refractivity contribution in [2.24, 2.45) is 11.8 Å². The van der Waals surface area contributed by atoms with Crippen molar-refractivity contribution in [1.29, 1.82) is 0 Å². The molecule has 1 N–H and O–H groups in total. The van der Waals surface area contributed by atoms with Crippen LogP contribution in [0, 0.1) is 11.8 Å². The fourth-order valence-electron chi connectivity index (χ4n) is 3.67. The van der Waals surface area contributed by atoms with Crippen LogP contribution in [0.15, 0.2) is 0 Å². The molecule has 4 atom stereocenters. The quantitative estimate of drug-likeness (QED) is 0.810. The molecule has 0 amide bonds. The van der Waals surface area contributed by atoms with E-state index in [9.17, 15) is 0 Å². The van der Waals surface area contributed by atoms with Crippen LogP contribution in [-0.2, 0) is 9.47 Å². The zero-order chi connectivity index (χ0) is 14.5. The maximum absolute atomic E-state index is 6.14. The zero-order valence-corrected chi connectivity index (χ0v) is 13.7. The van der Waals surface area contributed by atoms with Crippen LogP contribution in [0.3, 0.4) is 0 Å². The average molecular weight is 283 g/mol. The highest BCUT2D eigenvalue weighted by Gasteiger charge is 2.28. The smallest absolute Gasteiger partial charge is 0.0814 e. The Kier molecular flexibility index (Phi) is 6.31. The molecule has 0 bridgehead atoms. The second kappa shape index (κ2) is 7.77. The number of nitrogens with one attached hydrogen (secondary N) is 1. The Bertz CT molecular complexity index is 272. The van der Waals surface area contributed by atoms with Gasteiger partial charge in [0.2, 0.25) is 0 Å². The van der Waals surface area contributed by atoms with Gasteiger partial charge in [0.15, 0.2) is 0 Å². The molecule has 20 heavy (non-hydrogen) atoms. The predicted octanol–water partition coefficient (Wildman–Crippen LogP) is 3.37. The highest BCUT2D eigenvalue weighted by Crippen LogP contribution is 2.31. The van der Waals surface area contributed by atoms with Crippen molar-refractivity contribution in [2.45, 2.75) is 84.2 Å². The van der Waals surface area contributed by atoms with Crippen LogP contribution in [0.25, 0.3) is 0 Å². The first kappa shape index (κ1) is 16.3. The molecule has 1 heterocycles. The Morgan fingerprint density at radius 2 is 1.70 bits per heavy atom. The van der Waals surface area contributed by atoms with E-state index in [1.54, 1.807) is 0 Å². The SMILES string of the molecule is CC1CC(C)CC(OCC2CCC(CNC(C)C)O2)C1. The molecule has 0 radical (unpaired) electrons. The largest absolute Gasteiger partial charge is 0.376 e. The summed E-state index contributed by atoms with van der Waals surface area (Å²) in [4.78, 5) is 0. The van der Waals surface area contributed by atoms with Crippen LogP contribution in [0.2, 0.25) is 0 Å². The van der Waals surface area contributed by atoms with Crippen molar-refractivity contribution in [3.05, 3.63) is 0 Å².